The van der Waals surface area contributed by atoms with Crippen LogP contribution in [0.25, 0.3) is 11.4 Å². The van der Waals surface area contributed by atoms with Crippen LogP contribution >= 0.6 is 0 Å². The molecule has 154 valence electrons. The van der Waals surface area contributed by atoms with E-state index in [9.17, 15) is 4.79 Å². The highest BCUT2D eigenvalue weighted by Crippen LogP contribution is 2.31. The smallest absolute Gasteiger partial charge is 0.267 e. The third-order valence-corrected chi connectivity index (χ3v) is 5.70. The molecular formula is C24H27N5O. The van der Waals surface area contributed by atoms with Crippen molar-refractivity contribution in [2.24, 2.45) is 5.73 Å². The summed E-state index contributed by atoms with van der Waals surface area (Å²) >= 11 is 0. The number of nitrogens with two attached hydrogens (primary N) is 1. The first-order valence-corrected chi connectivity index (χ1v) is 10.3. The van der Waals surface area contributed by atoms with Crippen molar-refractivity contribution in [2.75, 3.05) is 37.0 Å². The second-order valence-corrected chi connectivity index (χ2v) is 7.91. The molecule has 1 aliphatic rings. The van der Waals surface area contributed by atoms with Crippen LogP contribution in [0.3, 0.4) is 0 Å². The summed E-state index contributed by atoms with van der Waals surface area (Å²) in [6.07, 6.45) is 2.10. The quantitative estimate of drug-likeness (QED) is 0.706. The molecule has 6 heteroatoms. The van der Waals surface area contributed by atoms with Crippen LogP contribution in [0.2, 0.25) is 0 Å². The molecule has 1 saturated heterocycles. The van der Waals surface area contributed by atoms with Crippen LogP contribution < -0.4 is 15.5 Å². The Morgan fingerprint density at radius 2 is 1.67 bits per heavy atom. The zero-order chi connectivity index (χ0) is 21.1. The highest BCUT2D eigenvalue weighted by atomic mass is 16.1. The Morgan fingerprint density at radius 1 is 1.00 bits per heavy atom. The number of carbonyl (C=O) groups is 1. The number of anilines is 2. The first kappa shape index (κ1) is 19.9. The summed E-state index contributed by atoms with van der Waals surface area (Å²) in [5.41, 5.74) is 9.16. The van der Waals surface area contributed by atoms with Gasteiger partial charge in [-0.15, -0.1) is 0 Å². The maximum absolute atomic E-state index is 11.9. The molecule has 6 nitrogen and oxygen atoms in total. The summed E-state index contributed by atoms with van der Waals surface area (Å²) in [5.74, 6) is 1.30. The van der Waals surface area contributed by atoms with Crippen molar-refractivity contribution in [2.45, 2.75) is 18.8 Å². The van der Waals surface area contributed by atoms with E-state index in [1.165, 1.54) is 5.56 Å². The largest absolute Gasteiger partial charge is 0.378 e. The Morgan fingerprint density at radius 3 is 2.27 bits per heavy atom. The standard InChI is InChI=1S/C24H27N5O/c1-28(2)20-10-8-19(9-11-20)24-26-21(23(25)30)16-22(27-24)29-14-12-18(13-15-29)17-6-4-3-5-7-17/h3-11,16,18H,12-15H2,1-2H3,(H2,25,30). The van der Waals surface area contributed by atoms with Crippen molar-refractivity contribution in [1.82, 2.24) is 9.97 Å². The van der Waals surface area contributed by atoms with E-state index >= 15 is 0 Å². The average molecular weight is 402 g/mol. The predicted octanol–water partition coefficient (Wildman–Crippen LogP) is 3.69. The van der Waals surface area contributed by atoms with Gasteiger partial charge in [0.1, 0.15) is 11.5 Å². The monoisotopic (exact) mass is 401 g/mol. The molecule has 30 heavy (non-hydrogen) atoms. The highest BCUT2D eigenvalue weighted by Gasteiger charge is 2.23. The Kier molecular flexibility index (Phi) is 5.65. The fourth-order valence-corrected chi connectivity index (χ4v) is 3.93. The van der Waals surface area contributed by atoms with Crippen molar-refractivity contribution in [1.29, 1.82) is 0 Å². The summed E-state index contributed by atoms with van der Waals surface area (Å²) in [5, 5.41) is 0. The van der Waals surface area contributed by atoms with Gasteiger partial charge in [0.05, 0.1) is 0 Å². The average Bonchev–Trinajstić information content (AvgIpc) is 2.79. The number of carbonyl (C=O) groups excluding carboxylic acids is 1. The van der Waals surface area contributed by atoms with Gasteiger partial charge < -0.3 is 15.5 Å². The van der Waals surface area contributed by atoms with Gasteiger partial charge in [-0.25, -0.2) is 9.97 Å². The van der Waals surface area contributed by atoms with Gasteiger partial charge in [0, 0.05) is 44.5 Å². The summed E-state index contributed by atoms with van der Waals surface area (Å²) in [6.45, 7) is 1.77. The van der Waals surface area contributed by atoms with E-state index in [-0.39, 0.29) is 5.69 Å². The molecule has 1 fully saturated rings. The molecular weight excluding hydrogens is 374 g/mol. The topological polar surface area (TPSA) is 75.4 Å². The molecule has 1 aliphatic heterocycles. The summed E-state index contributed by atoms with van der Waals surface area (Å²) in [4.78, 5) is 25.4. The second kappa shape index (κ2) is 8.53. The molecule has 2 heterocycles. The number of piperidine rings is 1. The minimum atomic E-state index is -0.538. The molecule has 3 aromatic rings. The number of nitrogens with zero attached hydrogens (tertiary/aromatic N) is 4. The lowest BCUT2D eigenvalue weighted by Gasteiger charge is -2.33. The first-order valence-electron chi connectivity index (χ1n) is 10.3. The second-order valence-electron chi connectivity index (χ2n) is 7.91. The number of hydrogen-bond donors (Lipinski definition) is 1. The van der Waals surface area contributed by atoms with Crippen LogP contribution in [0.5, 0.6) is 0 Å². The van der Waals surface area contributed by atoms with E-state index in [2.05, 4.69) is 40.2 Å². The number of rotatable bonds is 5. The van der Waals surface area contributed by atoms with Crippen LogP contribution in [0.1, 0.15) is 34.8 Å². The molecule has 1 aromatic heterocycles. The lowest BCUT2D eigenvalue weighted by atomic mass is 9.89. The zero-order valence-corrected chi connectivity index (χ0v) is 17.5. The maximum Gasteiger partial charge on any atom is 0.267 e. The van der Waals surface area contributed by atoms with Gasteiger partial charge in [0.15, 0.2) is 5.82 Å². The fraction of sp³-hybridized carbons (Fsp3) is 0.292. The lowest BCUT2D eigenvalue weighted by Crippen LogP contribution is -2.34. The highest BCUT2D eigenvalue weighted by molar-refractivity contribution is 5.92. The van der Waals surface area contributed by atoms with E-state index < -0.39 is 5.91 Å². The van der Waals surface area contributed by atoms with Gasteiger partial charge in [-0.05, 0) is 48.6 Å². The Balaban J connectivity index is 1.58. The van der Waals surface area contributed by atoms with Gasteiger partial charge >= 0.3 is 0 Å². The Hall–Kier alpha value is -3.41. The van der Waals surface area contributed by atoms with E-state index in [0.717, 1.165) is 43.0 Å². The van der Waals surface area contributed by atoms with Crippen molar-refractivity contribution >= 4 is 17.4 Å². The minimum absolute atomic E-state index is 0.247. The van der Waals surface area contributed by atoms with E-state index in [1.54, 1.807) is 6.07 Å². The maximum atomic E-state index is 11.9. The molecule has 1 amide bonds. The molecule has 0 atom stereocenters. The van der Waals surface area contributed by atoms with Gasteiger partial charge in [-0.1, -0.05) is 30.3 Å². The van der Waals surface area contributed by atoms with E-state index in [0.29, 0.717) is 11.7 Å². The van der Waals surface area contributed by atoms with Gasteiger partial charge in [0.25, 0.3) is 5.91 Å². The molecule has 0 unspecified atom stereocenters. The van der Waals surface area contributed by atoms with Crippen molar-refractivity contribution in [3.63, 3.8) is 0 Å². The SMILES string of the molecule is CN(C)c1ccc(-c2nc(C(N)=O)cc(N3CCC(c4ccccc4)CC3)n2)cc1. The molecule has 2 aromatic carbocycles. The van der Waals surface area contributed by atoms with Gasteiger partial charge in [-0.2, -0.15) is 0 Å². The number of hydrogen-bond acceptors (Lipinski definition) is 5. The van der Waals surface area contributed by atoms with Crippen LogP contribution in [0.15, 0.2) is 60.7 Å². The molecule has 0 saturated carbocycles. The molecule has 0 aliphatic carbocycles. The molecule has 2 N–H and O–H groups in total. The Bertz CT molecular complexity index is 1010. The molecule has 0 spiro atoms. The van der Waals surface area contributed by atoms with E-state index in [4.69, 9.17) is 10.7 Å². The summed E-state index contributed by atoms with van der Waals surface area (Å²) in [7, 11) is 3.99. The number of benzene rings is 2. The number of primary amides is 1. The van der Waals surface area contributed by atoms with Crippen LogP contribution in [-0.4, -0.2) is 43.1 Å². The zero-order valence-electron chi connectivity index (χ0n) is 17.5. The third-order valence-electron chi connectivity index (χ3n) is 5.70. The number of amides is 1. The fourth-order valence-electron chi connectivity index (χ4n) is 3.93. The normalized spacial score (nSPS) is 14.5. The van der Waals surface area contributed by atoms with Crippen molar-refractivity contribution < 1.29 is 4.79 Å². The van der Waals surface area contributed by atoms with Crippen molar-refractivity contribution in [3.05, 3.63) is 71.9 Å². The third kappa shape index (κ3) is 4.27. The number of aromatic nitrogens is 2. The minimum Gasteiger partial charge on any atom is -0.378 e. The summed E-state index contributed by atoms with van der Waals surface area (Å²) < 4.78 is 0. The molecule has 0 bridgehead atoms. The molecule has 0 radical (unpaired) electrons. The summed E-state index contributed by atoms with van der Waals surface area (Å²) in [6, 6.07) is 20.3. The van der Waals surface area contributed by atoms with E-state index in [1.807, 2.05) is 43.3 Å². The predicted molar refractivity (Wildman–Crippen MR) is 121 cm³/mol. The van der Waals surface area contributed by atoms with Gasteiger partial charge in [0.2, 0.25) is 0 Å². The Labute approximate surface area is 177 Å². The van der Waals surface area contributed by atoms with Crippen LogP contribution in [0.4, 0.5) is 11.5 Å². The van der Waals surface area contributed by atoms with Crippen LogP contribution in [0, 0.1) is 0 Å². The van der Waals surface area contributed by atoms with Crippen LogP contribution in [-0.2, 0) is 0 Å². The first-order chi connectivity index (χ1) is 14.5. The molecule has 4 rings (SSSR count). The van der Waals surface area contributed by atoms with Gasteiger partial charge in [-0.3, -0.25) is 4.79 Å². The lowest BCUT2D eigenvalue weighted by molar-refractivity contribution is 0.0995. The van der Waals surface area contributed by atoms with Crippen molar-refractivity contribution in [3.8, 4) is 11.4 Å².